The minimum atomic E-state index is -0.482. The van der Waals surface area contributed by atoms with Gasteiger partial charge in [-0.1, -0.05) is 23.4 Å². The van der Waals surface area contributed by atoms with Gasteiger partial charge in [-0.15, -0.1) is 10.2 Å². The van der Waals surface area contributed by atoms with E-state index in [1.807, 2.05) is 30.3 Å². The third-order valence-corrected chi connectivity index (χ3v) is 4.11. The Morgan fingerprint density at radius 1 is 1.17 bits per heavy atom. The van der Waals surface area contributed by atoms with E-state index in [9.17, 15) is 9.18 Å². The predicted molar refractivity (Wildman–Crippen MR) is 106 cm³/mol. The molecule has 4 aromatic rings. The summed E-state index contributed by atoms with van der Waals surface area (Å²) in [5.41, 5.74) is 2.44. The van der Waals surface area contributed by atoms with Gasteiger partial charge in [0.25, 0.3) is 12.4 Å². The van der Waals surface area contributed by atoms with E-state index in [1.54, 1.807) is 12.3 Å². The van der Waals surface area contributed by atoms with E-state index in [-0.39, 0.29) is 17.9 Å². The average molecular weight is 408 g/mol. The summed E-state index contributed by atoms with van der Waals surface area (Å²) in [6, 6.07) is 13.9. The molecule has 0 aliphatic carbocycles. The van der Waals surface area contributed by atoms with Crippen molar-refractivity contribution in [2.45, 2.75) is 6.42 Å². The Labute approximate surface area is 170 Å². The van der Waals surface area contributed by atoms with Crippen LogP contribution in [0.15, 0.2) is 54.7 Å². The highest BCUT2D eigenvalue weighted by Gasteiger charge is 2.11. The van der Waals surface area contributed by atoms with Crippen LogP contribution in [0, 0.1) is 5.82 Å². The fraction of sp³-hybridized carbons (Fsp3) is 0.100. The minimum Gasteiger partial charge on any atom is -0.483 e. The van der Waals surface area contributed by atoms with Gasteiger partial charge in [-0.05, 0) is 35.9 Å². The number of hydrogen-bond donors (Lipinski definition) is 3. The summed E-state index contributed by atoms with van der Waals surface area (Å²) < 4.78 is 14.1. The number of aromatic amines is 1. The molecule has 2 aromatic carbocycles. The maximum Gasteiger partial charge on any atom is 0.290 e. The van der Waals surface area contributed by atoms with Crippen LogP contribution in [-0.4, -0.2) is 49.6 Å². The molecule has 0 saturated carbocycles. The monoisotopic (exact) mass is 408 g/mol. The van der Waals surface area contributed by atoms with Crippen LogP contribution in [0.5, 0.6) is 0 Å². The molecule has 2 heterocycles. The number of carbonyl (C=O) groups excluding carboxylic acids is 1. The van der Waals surface area contributed by atoms with Crippen LogP contribution in [0.1, 0.15) is 16.2 Å². The highest BCUT2D eigenvalue weighted by Crippen LogP contribution is 2.24. The van der Waals surface area contributed by atoms with Crippen molar-refractivity contribution in [3.63, 3.8) is 0 Å². The van der Waals surface area contributed by atoms with E-state index >= 15 is 0 Å². The second-order valence-corrected chi connectivity index (χ2v) is 6.08. The zero-order valence-electron chi connectivity index (χ0n) is 15.6. The lowest BCUT2D eigenvalue weighted by molar-refractivity contribution is -0.122. The Hall–Kier alpha value is -4.21. The molecule has 1 amide bonds. The number of H-pyrrole nitrogens is 1. The van der Waals surface area contributed by atoms with Crippen LogP contribution in [0.4, 0.5) is 4.39 Å². The normalized spacial score (nSPS) is 10.2. The number of halogens is 1. The number of para-hydroxylation sites is 1. The van der Waals surface area contributed by atoms with E-state index in [1.165, 1.54) is 12.1 Å². The molecule has 0 aliphatic rings. The van der Waals surface area contributed by atoms with Crippen molar-refractivity contribution in [2.75, 3.05) is 6.54 Å². The summed E-state index contributed by atoms with van der Waals surface area (Å²) in [4.78, 5) is 25.1. The molecule has 9 nitrogen and oxygen atoms in total. The Morgan fingerprint density at radius 2 is 1.97 bits per heavy atom. The van der Waals surface area contributed by atoms with Crippen LogP contribution in [-0.2, 0) is 11.2 Å². The maximum absolute atomic E-state index is 14.1. The first kappa shape index (κ1) is 20.5. The Morgan fingerprint density at radius 3 is 2.73 bits per heavy atom. The number of carboxylic acid groups (broad SMARTS) is 1. The summed E-state index contributed by atoms with van der Waals surface area (Å²) in [5, 5.41) is 24.0. The van der Waals surface area contributed by atoms with Gasteiger partial charge in [-0.25, -0.2) is 4.39 Å². The number of hydrogen-bond acceptors (Lipinski definition) is 6. The molecule has 152 valence electrons. The van der Waals surface area contributed by atoms with Crippen molar-refractivity contribution in [2.24, 2.45) is 0 Å². The highest BCUT2D eigenvalue weighted by atomic mass is 19.1. The molecule has 4 rings (SSSR count). The standard InChI is InChI=1S/C19H15FN6O.CH2O2/c20-16-9-13(15-7-12-3-1-2-4-17(12)22-11-15)8-14(10-16)19(27)21-6-5-18-23-25-26-24-18;2-1-3/h1-4,7-11H,5-6H2,(H,21,27)(H,23,24,25,26);1H,(H,2,3). The lowest BCUT2D eigenvalue weighted by atomic mass is 10.0. The highest BCUT2D eigenvalue weighted by molar-refractivity contribution is 5.95. The number of fused-ring (bicyclic) bond motifs is 1. The first-order valence-electron chi connectivity index (χ1n) is 8.85. The molecule has 0 saturated heterocycles. The predicted octanol–water partition coefficient (Wildman–Crippen LogP) is 2.23. The molecular formula is C20H17FN6O3. The molecule has 0 radical (unpaired) electrons. The van der Waals surface area contributed by atoms with Crippen LogP contribution >= 0.6 is 0 Å². The molecule has 0 unspecified atom stereocenters. The number of tetrazole rings is 1. The third-order valence-electron chi connectivity index (χ3n) is 4.11. The summed E-state index contributed by atoms with van der Waals surface area (Å²) >= 11 is 0. The number of rotatable bonds is 5. The number of benzene rings is 2. The zero-order chi connectivity index (χ0) is 21.3. The minimum absolute atomic E-state index is 0.242. The molecule has 0 fully saturated rings. The number of nitrogens with one attached hydrogen (secondary N) is 2. The van der Waals surface area contributed by atoms with Crippen molar-refractivity contribution in [1.82, 2.24) is 30.9 Å². The van der Waals surface area contributed by atoms with Gasteiger partial charge < -0.3 is 10.4 Å². The fourth-order valence-electron chi connectivity index (χ4n) is 2.79. The molecular weight excluding hydrogens is 391 g/mol. The Bertz CT molecular complexity index is 1150. The first-order chi connectivity index (χ1) is 14.6. The Kier molecular flexibility index (Phi) is 6.72. The van der Waals surface area contributed by atoms with Gasteiger partial charge in [0.05, 0.1) is 5.52 Å². The van der Waals surface area contributed by atoms with Gasteiger partial charge in [-0.2, -0.15) is 5.21 Å². The molecule has 30 heavy (non-hydrogen) atoms. The van der Waals surface area contributed by atoms with Crippen molar-refractivity contribution in [3.8, 4) is 11.1 Å². The van der Waals surface area contributed by atoms with Gasteiger partial charge in [0.2, 0.25) is 0 Å². The van der Waals surface area contributed by atoms with Crippen molar-refractivity contribution in [1.29, 1.82) is 0 Å². The second kappa shape index (κ2) is 9.82. The van der Waals surface area contributed by atoms with Gasteiger partial charge in [0.1, 0.15) is 5.82 Å². The van der Waals surface area contributed by atoms with Gasteiger partial charge in [0.15, 0.2) is 5.82 Å². The number of amides is 1. The summed E-state index contributed by atoms with van der Waals surface area (Å²) in [6.07, 6.45) is 2.11. The summed E-state index contributed by atoms with van der Waals surface area (Å²) in [5.74, 6) is -0.352. The van der Waals surface area contributed by atoms with Crippen LogP contribution in [0.2, 0.25) is 0 Å². The number of pyridine rings is 1. The molecule has 0 aliphatic heterocycles. The van der Waals surface area contributed by atoms with Crippen molar-refractivity contribution >= 4 is 23.3 Å². The van der Waals surface area contributed by atoms with Crippen LogP contribution in [0.3, 0.4) is 0 Å². The van der Waals surface area contributed by atoms with E-state index in [0.717, 1.165) is 16.5 Å². The smallest absolute Gasteiger partial charge is 0.290 e. The number of nitrogens with zero attached hydrogens (tertiary/aromatic N) is 4. The average Bonchev–Trinajstić information content (AvgIpc) is 3.27. The van der Waals surface area contributed by atoms with Crippen LogP contribution < -0.4 is 5.32 Å². The molecule has 10 heteroatoms. The quantitative estimate of drug-likeness (QED) is 0.431. The molecule has 0 bridgehead atoms. The maximum atomic E-state index is 14.1. The number of carbonyl (C=O) groups is 2. The van der Waals surface area contributed by atoms with E-state index in [2.05, 4.69) is 30.9 Å². The van der Waals surface area contributed by atoms with Gasteiger partial charge >= 0.3 is 0 Å². The lowest BCUT2D eigenvalue weighted by Crippen LogP contribution is -2.26. The van der Waals surface area contributed by atoms with Crippen LogP contribution in [0.25, 0.3) is 22.0 Å². The molecule has 3 N–H and O–H groups in total. The van der Waals surface area contributed by atoms with Crippen molar-refractivity contribution < 1.29 is 19.1 Å². The fourth-order valence-corrected chi connectivity index (χ4v) is 2.79. The Balaban J connectivity index is 0.000000806. The topological polar surface area (TPSA) is 134 Å². The molecule has 0 spiro atoms. The number of aromatic nitrogens is 5. The third kappa shape index (κ3) is 5.19. The lowest BCUT2D eigenvalue weighted by Gasteiger charge is -2.08. The van der Waals surface area contributed by atoms with Gasteiger partial charge in [-0.3, -0.25) is 14.6 Å². The SMILES string of the molecule is O=C(NCCc1nn[nH]n1)c1cc(F)cc(-c2cnc3ccccc3c2)c1.O=CO. The van der Waals surface area contributed by atoms with E-state index in [4.69, 9.17) is 9.90 Å². The zero-order valence-corrected chi connectivity index (χ0v) is 15.6. The summed E-state index contributed by atoms with van der Waals surface area (Å²) in [7, 11) is 0. The van der Waals surface area contributed by atoms with E-state index in [0.29, 0.717) is 24.4 Å². The second-order valence-electron chi connectivity index (χ2n) is 6.08. The van der Waals surface area contributed by atoms with Gasteiger partial charge in [0, 0.05) is 35.7 Å². The van der Waals surface area contributed by atoms with Crippen molar-refractivity contribution in [3.05, 3.63) is 71.9 Å². The summed E-state index contributed by atoms with van der Waals surface area (Å²) in [6.45, 7) is 0.0712. The first-order valence-corrected chi connectivity index (χ1v) is 8.85. The van der Waals surface area contributed by atoms with E-state index < -0.39 is 5.82 Å². The molecule has 2 aromatic heterocycles. The largest absolute Gasteiger partial charge is 0.483 e. The molecule has 0 atom stereocenters.